The van der Waals surface area contributed by atoms with Crippen LogP contribution in [-0.2, 0) is 0 Å². The molecule has 3 rings (SSSR count). The molecule has 0 radical (unpaired) electrons. The van der Waals surface area contributed by atoms with Gasteiger partial charge in [0.15, 0.2) is 0 Å². The molecule has 0 aliphatic heterocycles. The van der Waals surface area contributed by atoms with Crippen LogP contribution in [0.15, 0.2) is 65.3 Å². The Bertz CT molecular complexity index is 828. The predicted molar refractivity (Wildman–Crippen MR) is 90.1 cm³/mol. The number of methoxy groups -OCH3 is 1. The molecule has 0 spiro atoms. The maximum absolute atomic E-state index is 12.5. The van der Waals surface area contributed by atoms with Gasteiger partial charge in [0.25, 0.3) is 5.91 Å². The SMILES string of the molecule is COc1cccc(NC(=O)c2cc(-c3ccco3)ccc2Cl)c1. The Labute approximate surface area is 138 Å². The lowest BCUT2D eigenvalue weighted by Gasteiger charge is -2.09. The van der Waals surface area contributed by atoms with Gasteiger partial charge in [-0.05, 0) is 42.5 Å². The molecule has 0 fully saturated rings. The maximum Gasteiger partial charge on any atom is 0.257 e. The lowest BCUT2D eigenvalue weighted by molar-refractivity contribution is 0.102. The van der Waals surface area contributed by atoms with Crippen molar-refractivity contribution in [1.29, 1.82) is 0 Å². The summed E-state index contributed by atoms with van der Waals surface area (Å²) in [7, 11) is 1.57. The molecule has 0 atom stereocenters. The molecular formula is C18H14ClNO3. The molecule has 0 saturated heterocycles. The minimum Gasteiger partial charge on any atom is -0.497 e. The first-order valence-electron chi connectivity index (χ1n) is 6.96. The van der Waals surface area contributed by atoms with E-state index >= 15 is 0 Å². The number of rotatable bonds is 4. The van der Waals surface area contributed by atoms with Gasteiger partial charge in [-0.2, -0.15) is 0 Å². The molecular weight excluding hydrogens is 314 g/mol. The van der Waals surface area contributed by atoms with Crippen molar-refractivity contribution in [2.24, 2.45) is 0 Å². The number of carbonyl (C=O) groups is 1. The van der Waals surface area contributed by atoms with Crippen molar-refractivity contribution < 1.29 is 13.9 Å². The third-order valence-electron chi connectivity index (χ3n) is 3.34. The summed E-state index contributed by atoms with van der Waals surface area (Å²) in [6, 6.07) is 15.9. The number of hydrogen-bond acceptors (Lipinski definition) is 3. The van der Waals surface area contributed by atoms with E-state index in [-0.39, 0.29) is 5.91 Å². The molecule has 1 N–H and O–H groups in total. The van der Waals surface area contributed by atoms with Gasteiger partial charge >= 0.3 is 0 Å². The molecule has 0 saturated carbocycles. The molecule has 1 aromatic heterocycles. The van der Waals surface area contributed by atoms with Crippen molar-refractivity contribution in [3.8, 4) is 17.1 Å². The van der Waals surface area contributed by atoms with E-state index < -0.39 is 0 Å². The Morgan fingerprint density at radius 3 is 2.74 bits per heavy atom. The van der Waals surface area contributed by atoms with Crippen LogP contribution in [0.25, 0.3) is 11.3 Å². The summed E-state index contributed by atoms with van der Waals surface area (Å²) in [5.74, 6) is 1.05. The van der Waals surface area contributed by atoms with E-state index in [9.17, 15) is 4.79 Å². The van der Waals surface area contributed by atoms with Gasteiger partial charge < -0.3 is 14.5 Å². The summed E-state index contributed by atoms with van der Waals surface area (Å²) in [6.45, 7) is 0. The van der Waals surface area contributed by atoms with Crippen molar-refractivity contribution in [1.82, 2.24) is 0 Å². The van der Waals surface area contributed by atoms with Gasteiger partial charge in [-0.3, -0.25) is 4.79 Å². The number of halogens is 1. The summed E-state index contributed by atoms with van der Waals surface area (Å²) in [4.78, 5) is 12.5. The second kappa shape index (κ2) is 6.58. The van der Waals surface area contributed by atoms with Gasteiger partial charge in [0.1, 0.15) is 11.5 Å². The van der Waals surface area contributed by atoms with E-state index in [2.05, 4.69) is 5.32 Å². The van der Waals surface area contributed by atoms with Crippen molar-refractivity contribution in [3.63, 3.8) is 0 Å². The Balaban J connectivity index is 1.88. The van der Waals surface area contributed by atoms with Crippen LogP contribution in [0.1, 0.15) is 10.4 Å². The van der Waals surface area contributed by atoms with Crippen LogP contribution in [0.5, 0.6) is 5.75 Å². The molecule has 2 aromatic carbocycles. The standard InChI is InChI=1S/C18H14ClNO3/c1-22-14-5-2-4-13(11-14)20-18(21)15-10-12(7-8-16(15)19)17-6-3-9-23-17/h2-11H,1H3,(H,20,21). The molecule has 5 heteroatoms. The average Bonchev–Trinajstić information content (AvgIpc) is 3.10. The zero-order chi connectivity index (χ0) is 16.2. The Morgan fingerprint density at radius 1 is 1.13 bits per heavy atom. The molecule has 0 unspecified atom stereocenters. The van der Waals surface area contributed by atoms with Crippen LogP contribution in [-0.4, -0.2) is 13.0 Å². The van der Waals surface area contributed by atoms with Gasteiger partial charge in [-0.15, -0.1) is 0 Å². The number of nitrogens with one attached hydrogen (secondary N) is 1. The van der Waals surface area contributed by atoms with Gasteiger partial charge in [-0.25, -0.2) is 0 Å². The summed E-state index contributed by atoms with van der Waals surface area (Å²) < 4.78 is 10.5. The highest BCUT2D eigenvalue weighted by atomic mass is 35.5. The highest BCUT2D eigenvalue weighted by Crippen LogP contribution is 2.26. The molecule has 23 heavy (non-hydrogen) atoms. The monoisotopic (exact) mass is 327 g/mol. The van der Waals surface area contributed by atoms with E-state index in [1.165, 1.54) is 0 Å². The van der Waals surface area contributed by atoms with Crippen molar-refractivity contribution >= 4 is 23.2 Å². The fraction of sp³-hybridized carbons (Fsp3) is 0.0556. The third-order valence-corrected chi connectivity index (χ3v) is 3.67. The largest absolute Gasteiger partial charge is 0.497 e. The maximum atomic E-state index is 12.5. The van der Waals surface area contributed by atoms with Gasteiger partial charge in [0, 0.05) is 17.3 Å². The van der Waals surface area contributed by atoms with Crippen LogP contribution in [0.2, 0.25) is 5.02 Å². The smallest absolute Gasteiger partial charge is 0.257 e. The Morgan fingerprint density at radius 2 is 2.00 bits per heavy atom. The van der Waals surface area contributed by atoms with Crippen molar-refractivity contribution in [2.45, 2.75) is 0 Å². The number of hydrogen-bond donors (Lipinski definition) is 1. The summed E-state index contributed by atoms with van der Waals surface area (Å²) in [5, 5.41) is 3.19. The Hall–Kier alpha value is -2.72. The molecule has 3 aromatic rings. The first-order chi connectivity index (χ1) is 11.2. The van der Waals surface area contributed by atoms with E-state index in [1.807, 2.05) is 12.1 Å². The highest BCUT2D eigenvalue weighted by molar-refractivity contribution is 6.34. The minimum atomic E-state index is -0.295. The van der Waals surface area contributed by atoms with Crippen molar-refractivity contribution in [2.75, 3.05) is 12.4 Å². The highest BCUT2D eigenvalue weighted by Gasteiger charge is 2.13. The lowest BCUT2D eigenvalue weighted by Crippen LogP contribution is -2.12. The molecule has 4 nitrogen and oxygen atoms in total. The Kier molecular flexibility index (Phi) is 4.35. The van der Waals surface area contributed by atoms with E-state index in [1.54, 1.807) is 55.8 Å². The third kappa shape index (κ3) is 3.38. The van der Waals surface area contributed by atoms with Crippen LogP contribution in [0, 0.1) is 0 Å². The summed E-state index contributed by atoms with van der Waals surface area (Å²) >= 11 is 6.16. The van der Waals surface area contributed by atoms with E-state index in [0.29, 0.717) is 27.8 Å². The average molecular weight is 328 g/mol. The second-order valence-corrected chi connectivity index (χ2v) is 5.27. The topological polar surface area (TPSA) is 51.5 Å². The van der Waals surface area contributed by atoms with Gasteiger partial charge in [-0.1, -0.05) is 17.7 Å². The number of furan rings is 1. The van der Waals surface area contributed by atoms with Crippen LogP contribution >= 0.6 is 11.6 Å². The number of benzene rings is 2. The number of ether oxygens (including phenoxy) is 1. The van der Waals surface area contributed by atoms with Gasteiger partial charge in [0.05, 0.1) is 24.0 Å². The second-order valence-electron chi connectivity index (χ2n) is 4.86. The zero-order valence-electron chi connectivity index (χ0n) is 12.4. The van der Waals surface area contributed by atoms with Crippen LogP contribution in [0.4, 0.5) is 5.69 Å². The zero-order valence-corrected chi connectivity index (χ0v) is 13.1. The summed E-state index contributed by atoms with van der Waals surface area (Å²) in [5.41, 5.74) is 1.80. The molecule has 1 heterocycles. The van der Waals surface area contributed by atoms with E-state index in [0.717, 1.165) is 5.56 Å². The molecule has 0 aliphatic rings. The number of amides is 1. The quantitative estimate of drug-likeness (QED) is 0.744. The number of anilines is 1. The first kappa shape index (κ1) is 15.2. The molecule has 1 amide bonds. The molecule has 0 bridgehead atoms. The summed E-state index contributed by atoms with van der Waals surface area (Å²) in [6.07, 6.45) is 1.58. The van der Waals surface area contributed by atoms with Gasteiger partial charge in [0.2, 0.25) is 0 Å². The fourth-order valence-electron chi connectivity index (χ4n) is 2.19. The fourth-order valence-corrected chi connectivity index (χ4v) is 2.40. The molecule has 116 valence electrons. The van der Waals surface area contributed by atoms with Crippen molar-refractivity contribution in [3.05, 3.63) is 71.4 Å². The lowest BCUT2D eigenvalue weighted by atomic mass is 10.1. The predicted octanol–water partition coefficient (Wildman–Crippen LogP) is 4.86. The first-order valence-corrected chi connectivity index (χ1v) is 7.34. The van der Waals surface area contributed by atoms with Crippen LogP contribution < -0.4 is 10.1 Å². The van der Waals surface area contributed by atoms with E-state index in [4.69, 9.17) is 20.8 Å². The normalized spacial score (nSPS) is 10.3. The molecule has 0 aliphatic carbocycles. The number of carbonyl (C=O) groups excluding carboxylic acids is 1. The van der Waals surface area contributed by atoms with Crippen LogP contribution in [0.3, 0.4) is 0 Å². The minimum absolute atomic E-state index is 0.295.